The highest BCUT2D eigenvalue weighted by Gasteiger charge is 2.47. The van der Waals surface area contributed by atoms with Gasteiger partial charge in [-0.2, -0.15) is 0 Å². The number of rotatable bonds is 16. The SMILES string of the molecule is CCO[SiH](CCCCCN(Cc1ccccc1)[Si](C(C)C)(C(C)C)C(C)C)OCC. The molecule has 30 heavy (non-hydrogen) atoms. The Hall–Kier alpha value is -0.466. The van der Waals surface area contributed by atoms with E-state index in [0.717, 1.165) is 42.4 Å². The molecule has 0 aliphatic carbocycles. The molecule has 0 fully saturated rings. The second-order valence-electron chi connectivity index (χ2n) is 9.45. The molecular formula is C25H49NO2Si2. The largest absolute Gasteiger partial charge is 0.397 e. The van der Waals surface area contributed by atoms with Crippen LogP contribution in [0.3, 0.4) is 0 Å². The molecule has 174 valence electrons. The van der Waals surface area contributed by atoms with E-state index in [-0.39, 0.29) is 0 Å². The van der Waals surface area contributed by atoms with Gasteiger partial charge in [0.25, 0.3) is 0 Å². The van der Waals surface area contributed by atoms with Gasteiger partial charge < -0.3 is 13.4 Å². The van der Waals surface area contributed by atoms with Crippen molar-refractivity contribution in [2.75, 3.05) is 19.8 Å². The third kappa shape index (κ3) is 7.90. The first kappa shape index (κ1) is 27.6. The minimum absolute atomic E-state index is 0.744. The normalized spacial score (nSPS) is 12.8. The van der Waals surface area contributed by atoms with Crippen LogP contribution in [0.2, 0.25) is 22.7 Å². The van der Waals surface area contributed by atoms with Crippen LogP contribution in [0, 0.1) is 0 Å². The first-order chi connectivity index (χ1) is 14.3. The summed E-state index contributed by atoms with van der Waals surface area (Å²) in [5.74, 6) is 0. The van der Waals surface area contributed by atoms with E-state index in [2.05, 4.69) is 90.3 Å². The maximum atomic E-state index is 5.85. The summed E-state index contributed by atoms with van der Waals surface area (Å²) < 4.78 is 14.6. The van der Waals surface area contributed by atoms with E-state index in [0.29, 0.717) is 0 Å². The second-order valence-corrected chi connectivity index (χ2v) is 17.4. The van der Waals surface area contributed by atoms with Crippen molar-refractivity contribution in [3.63, 3.8) is 0 Å². The van der Waals surface area contributed by atoms with Gasteiger partial charge >= 0.3 is 9.28 Å². The smallest absolute Gasteiger partial charge is 0.321 e. The number of unbranched alkanes of at least 4 members (excludes halogenated alkanes) is 2. The molecule has 0 saturated carbocycles. The van der Waals surface area contributed by atoms with Gasteiger partial charge in [-0.1, -0.05) is 84.7 Å². The van der Waals surface area contributed by atoms with Gasteiger partial charge in [0, 0.05) is 19.8 Å². The van der Waals surface area contributed by atoms with Gasteiger partial charge in [-0.15, -0.1) is 0 Å². The Morgan fingerprint density at radius 2 is 1.33 bits per heavy atom. The topological polar surface area (TPSA) is 21.7 Å². The molecule has 1 rings (SSSR count). The summed E-state index contributed by atoms with van der Waals surface area (Å²) in [7, 11) is -3.10. The maximum Gasteiger partial charge on any atom is 0.321 e. The molecule has 0 N–H and O–H groups in total. The van der Waals surface area contributed by atoms with Crippen LogP contribution in [0.25, 0.3) is 0 Å². The Morgan fingerprint density at radius 1 is 0.800 bits per heavy atom. The Morgan fingerprint density at radius 3 is 1.80 bits per heavy atom. The first-order valence-corrected chi connectivity index (χ1v) is 16.3. The third-order valence-electron chi connectivity index (χ3n) is 6.61. The van der Waals surface area contributed by atoms with Crippen molar-refractivity contribution in [3.05, 3.63) is 35.9 Å². The molecule has 0 amide bonds. The van der Waals surface area contributed by atoms with Crippen LogP contribution in [0.4, 0.5) is 0 Å². The Kier molecular flexibility index (Phi) is 13.4. The lowest BCUT2D eigenvalue weighted by molar-refractivity contribution is 0.212. The van der Waals surface area contributed by atoms with Crippen LogP contribution in [-0.4, -0.2) is 41.8 Å². The molecule has 0 saturated heterocycles. The fraction of sp³-hybridized carbons (Fsp3) is 0.760. The zero-order chi connectivity index (χ0) is 22.6. The molecule has 0 aliphatic rings. The zero-order valence-electron chi connectivity index (χ0n) is 21.1. The van der Waals surface area contributed by atoms with Crippen molar-refractivity contribution in [1.82, 2.24) is 4.57 Å². The van der Waals surface area contributed by atoms with E-state index in [1.165, 1.54) is 31.4 Å². The molecule has 0 aliphatic heterocycles. The van der Waals surface area contributed by atoms with Crippen molar-refractivity contribution in [3.8, 4) is 0 Å². The van der Waals surface area contributed by atoms with Gasteiger partial charge in [0.1, 0.15) is 8.24 Å². The van der Waals surface area contributed by atoms with Crippen LogP contribution >= 0.6 is 0 Å². The van der Waals surface area contributed by atoms with Gasteiger partial charge in [-0.05, 0) is 55.0 Å². The monoisotopic (exact) mass is 451 g/mol. The van der Waals surface area contributed by atoms with E-state index in [1.807, 2.05) is 0 Å². The van der Waals surface area contributed by atoms with Crippen LogP contribution < -0.4 is 0 Å². The van der Waals surface area contributed by atoms with Gasteiger partial charge in [0.15, 0.2) is 0 Å². The minimum atomic E-state index is -1.65. The molecule has 1 aromatic carbocycles. The highest BCUT2D eigenvalue weighted by Crippen LogP contribution is 2.44. The Labute approximate surface area is 190 Å². The fourth-order valence-corrected chi connectivity index (χ4v) is 14.7. The number of hydrogen-bond acceptors (Lipinski definition) is 3. The maximum absolute atomic E-state index is 5.85. The summed E-state index contributed by atoms with van der Waals surface area (Å²) in [5, 5.41) is 0. The van der Waals surface area contributed by atoms with E-state index in [9.17, 15) is 0 Å². The highest BCUT2D eigenvalue weighted by atomic mass is 28.3. The zero-order valence-corrected chi connectivity index (χ0v) is 23.3. The minimum Gasteiger partial charge on any atom is -0.397 e. The molecule has 0 atom stereocenters. The molecule has 0 bridgehead atoms. The summed E-state index contributed by atoms with van der Waals surface area (Å²) in [6.07, 6.45) is 3.77. The summed E-state index contributed by atoms with van der Waals surface area (Å²) >= 11 is 0. The van der Waals surface area contributed by atoms with Crippen molar-refractivity contribution in [2.24, 2.45) is 0 Å². The average molecular weight is 452 g/mol. The van der Waals surface area contributed by atoms with E-state index >= 15 is 0 Å². The van der Waals surface area contributed by atoms with Gasteiger partial charge in [-0.25, -0.2) is 0 Å². The van der Waals surface area contributed by atoms with Crippen molar-refractivity contribution in [1.29, 1.82) is 0 Å². The van der Waals surface area contributed by atoms with Crippen LogP contribution in [-0.2, 0) is 15.4 Å². The average Bonchev–Trinajstić information content (AvgIpc) is 2.68. The van der Waals surface area contributed by atoms with E-state index in [1.54, 1.807) is 0 Å². The van der Waals surface area contributed by atoms with Gasteiger partial charge in [-0.3, -0.25) is 0 Å². The standard InChI is InChI=1S/C25H49NO2Si2/c1-9-27-29(28-10-2)20-16-12-15-19-26(21-25-17-13-11-14-18-25)30(22(3)4,23(5)6)24(7)8/h11,13-14,17-18,22-24,29H,9-10,12,15-16,19-21H2,1-8H3. The molecule has 0 aromatic heterocycles. The number of nitrogens with zero attached hydrogens (tertiary/aromatic N) is 1. The Bertz CT molecular complexity index is 524. The van der Waals surface area contributed by atoms with Crippen LogP contribution in [0.1, 0.15) is 80.2 Å². The second kappa shape index (κ2) is 14.6. The quantitative estimate of drug-likeness (QED) is 0.197. The molecule has 5 heteroatoms. The van der Waals surface area contributed by atoms with E-state index in [4.69, 9.17) is 8.85 Å². The summed E-state index contributed by atoms with van der Waals surface area (Å²) in [6.45, 7) is 22.9. The Balaban J connectivity index is 2.86. The van der Waals surface area contributed by atoms with Crippen LogP contribution in [0.5, 0.6) is 0 Å². The van der Waals surface area contributed by atoms with E-state index < -0.39 is 17.5 Å². The van der Waals surface area contributed by atoms with Crippen molar-refractivity contribution >= 4 is 17.5 Å². The molecule has 0 unspecified atom stereocenters. The van der Waals surface area contributed by atoms with Gasteiger partial charge in [0.2, 0.25) is 0 Å². The third-order valence-corrected chi connectivity index (χ3v) is 15.9. The van der Waals surface area contributed by atoms with Crippen molar-refractivity contribution < 1.29 is 8.85 Å². The van der Waals surface area contributed by atoms with Gasteiger partial charge in [0.05, 0.1) is 0 Å². The molecule has 0 radical (unpaired) electrons. The highest BCUT2D eigenvalue weighted by molar-refractivity contribution is 6.80. The lowest BCUT2D eigenvalue weighted by Crippen LogP contribution is -2.60. The lowest BCUT2D eigenvalue weighted by Gasteiger charge is -2.51. The number of hydrogen-bond donors (Lipinski definition) is 0. The number of benzene rings is 1. The van der Waals surface area contributed by atoms with Crippen LogP contribution in [0.15, 0.2) is 30.3 Å². The fourth-order valence-electron chi connectivity index (χ4n) is 5.69. The summed E-state index contributed by atoms with van der Waals surface area (Å²) in [4.78, 5) is 0. The summed E-state index contributed by atoms with van der Waals surface area (Å²) in [6, 6.07) is 12.2. The van der Waals surface area contributed by atoms with Crippen molar-refractivity contribution in [2.45, 2.75) is 104 Å². The first-order valence-electron chi connectivity index (χ1n) is 12.3. The predicted molar refractivity (Wildman–Crippen MR) is 137 cm³/mol. The molecule has 1 aromatic rings. The lowest BCUT2D eigenvalue weighted by atomic mass is 10.2. The molecule has 0 heterocycles. The summed E-state index contributed by atoms with van der Waals surface area (Å²) in [5.41, 5.74) is 3.69. The molecule has 3 nitrogen and oxygen atoms in total. The predicted octanol–water partition coefficient (Wildman–Crippen LogP) is 7.13. The molecule has 0 spiro atoms. The molecular weight excluding hydrogens is 402 g/mol.